The molecule has 0 radical (unpaired) electrons. The van der Waals surface area contributed by atoms with Crippen molar-refractivity contribution in [2.75, 3.05) is 6.61 Å². The van der Waals surface area contributed by atoms with Crippen LogP contribution in [0.2, 0.25) is 5.02 Å². The Morgan fingerprint density at radius 3 is 2.54 bits per heavy atom. The van der Waals surface area contributed by atoms with E-state index in [1.807, 2.05) is 30.3 Å². The van der Waals surface area contributed by atoms with Crippen molar-refractivity contribution in [1.29, 1.82) is 0 Å². The maximum atomic E-state index is 12.8. The number of carbonyl (C=O) groups is 1. The fraction of sp³-hybridized carbons (Fsp3) is 0.158. The summed E-state index contributed by atoms with van der Waals surface area (Å²) in [4.78, 5) is 25.3. The molecule has 122 valence electrons. The third kappa shape index (κ3) is 2.69. The van der Waals surface area contributed by atoms with Crippen molar-refractivity contribution in [3.05, 3.63) is 69.5 Å². The number of aryl methyl sites for hydroxylation is 1. The molecule has 1 heterocycles. The van der Waals surface area contributed by atoms with Gasteiger partial charge in [-0.05, 0) is 30.7 Å². The lowest BCUT2D eigenvalue weighted by Gasteiger charge is -2.15. The van der Waals surface area contributed by atoms with E-state index in [-0.39, 0.29) is 17.7 Å². The van der Waals surface area contributed by atoms with Gasteiger partial charge >= 0.3 is 5.97 Å². The summed E-state index contributed by atoms with van der Waals surface area (Å²) < 4.78 is 6.57. The maximum Gasteiger partial charge on any atom is 0.344 e. The minimum atomic E-state index is -0.626. The normalized spacial score (nSPS) is 10.8. The van der Waals surface area contributed by atoms with Crippen LogP contribution in [0.5, 0.6) is 0 Å². The van der Waals surface area contributed by atoms with Crippen LogP contribution in [0.4, 0.5) is 0 Å². The largest absolute Gasteiger partial charge is 0.462 e. The molecule has 3 rings (SSSR count). The highest BCUT2D eigenvalue weighted by molar-refractivity contribution is 6.31. The molecule has 0 saturated carbocycles. The van der Waals surface area contributed by atoms with Gasteiger partial charge in [-0.3, -0.25) is 4.79 Å². The summed E-state index contributed by atoms with van der Waals surface area (Å²) in [5.41, 5.74) is 1.67. The van der Waals surface area contributed by atoms with Crippen LogP contribution in [0.15, 0.2) is 53.3 Å². The number of benzene rings is 2. The molecule has 0 aliphatic rings. The Labute approximate surface area is 144 Å². The number of halogens is 1. The van der Waals surface area contributed by atoms with Crippen LogP contribution < -0.4 is 5.56 Å². The standard InChI is InChI=1S/C19H16ClNO3/c1-3-24-19(23)17-16(12-7-5-4-6-8-12)14-11-13(20)9-10-15(14)21(2)18(17)22/h4-11H,3H2,1-2H3. The molecule has 0 unspecified atom stereocenters. The van der Waals surface area contributed by atoms with Crippen LogP contribution in [0, 0.1) is 0 Å². The summed E-state index contributed by atoms with van der Waals surface area (Å²) in [6.45, 7) is 1.91. The average Bonchev–Trinajstić information content (AvgIpc) is 2.58. The Morgan fingerprint density at radius 2 is 1.88 bits per heavy atom. The molecular formula is C19H16ClNO3. The Kier molecular flexibility index (Phi) is 4.40. The lowest BCUT2D eigenvalue weighted by Crippen LogP contribution is -2.27. The van der Waals surface area contributed by atoms with Crippen LogP contribution >= 0.6 is 11.6 Å². The molecule has 1 aromatic heterocycles. The Balaban J connectivity index is 2.50. The molecule has 2 aromatic carbocycles. The number of rotatable bonds is 3. The number of carbonyl (C=O) groups excluding carboxylic acids is 1. The first-order valence-electron chi connectivity index (χ1n) is 7.59. The van der Waals surface area contributed by atoms with Gasteiger partial charge in [-0.1, -0.05) is 41.9 Å². The van der Waals surface area contributed by atoms with E-state index >= 15 is 0 Å². The van der Waals surface area contributed by atoms with Crippen LogP contribution in [0.25, 0.3) is 22.0 Å². The van der Waals surface area contributed by atoms with Crippen molar-refractivity contribution in [3.8, 4) is 11.1 Å². The molecule has 0 spiro atoms. The van der Waals surface area contributed by atoms with Gasteiger partial charge in [-0.25, -0.2) is 4.79 Å². The highest BCUT2D eigenvalue weighted by atomic mass is 35.5. The van der Waals surface area contributed by atoms with E-state index in [0.29, 0.717) is 16.1 Å². The van der Waals surface area contributed by atoms with Gasteiger partial charge in [0.05, 0.1) is 12.1 Å². The Bertz CT molecular complexity index is 977. The number of hydrogen-bond donors (Lipinski definition) is 0. The van der Waals surface area contributed by atoms with Crippen LogP contribution in [0.1, 0.15) is 17.3 Å². The molecule has 0 amide bonds. The molecule has 4 nitrogen and oxygen atoms in total. The highest BCUT2D eigenvalue weighted by Gasteiger charge is 2.23. The first-order valence-corrected chi connectivity index (χ1v) is 7.97. The minimum absolute atomic E-state index is 0.0281. The Morgan fingerprint density at radius 1 is 1.17 bits per heavy atom. The molecule has 0 aliphatic heterocycles. The lowest BCUT2D eigenvalue weighted by atomic mass is 9.96. The second-order valence-corrected chi connectivity index (χ2v) is 5.80. The predicted octanol–water partition coefficient (Wildman–Crippen LogP) is 4.04. The molecule has 24 heavy (non-hydrogen) atoms. The molecule has 0 bridgehead atoms. The maximum absolute atomic E-state index is 12.8. The van der Waals surface area contributed by atoms with Crippen LogP contribution in [-0.4, -0.2) is 17.1 Å². The first kappa shape index (κ1) is 16.3. The number of esters is 1. The molecule has 0 atom stereocenters. The first-order chi connectivity index (χ1) is 11.5. The van der Waals surface area contributed by atoms with Crippen molar-refractivity contribution >= 4 is 28.5 Å². The van der Waals surface area contributed by atoms with E-state index < -0.39 is 5.97 Å². The zero-order valence-corrected chi connectivity index (χ0v) is 14.1. The van der Waals surface area contributed by atoms with E-state index in [2.05, 4.69) is 0 Å². The van der Waals surface area contributed by atoms with E-state index in [9.17, 15) is 9.59 Å². The summed E-state index contributed by atoms with van der Waals surface area (Å²) in [7, 11) is 1.63. The fourth-order valence-electron chi connectivity index (χ4n) is 2.82. The van der Waals surface area contributed by atoms with Crippen molar-refractivity contribution in [1.82, 2.24) is 4.57 Å². The number of ether oxygens (including phenoxy) is 1. The Hall–Kier alpha value is -2.59. The van der Waals surface area contributed by atoms with Crippen LogP contribution in [0.3, 0.4) is 0 Å². The van der Waals surface area contributed by atoms with Gasteiger partial charge in [-0.15, -0.1) is 0 Å². The van der Waals surface area contributed by atoms with Gasteiger partial charge in [-0.2, -0.15) is 0 Å². The number of fused-ring (bicyclic) bond motifs is 1. The number of hydrogen-bond acceptors (Lipinski definition) is 3. The SMILES string of the molecule is CCOC(=O)c1c(-c2ccccc2)c2cc(Cl)ccc2n(C)c1=O. The minimum Gasteiger partial charge on any atom is -0.462 e. The third-order valence-corrected chi connectivity index (χ3v) is 4.13. The average molecular weight is 342 g/mol. The zero-order chi connectivity index (χ0) is 17.3. The molecule has 5 heteroatoms. The number of pyridine rings is 1. The van der Waals surface area contributed by atoms with Crippen molar-refractivity contribution < 1.29 is 9.53 Å². The summed E-state index contributed by atoms with van der Waals surface area (Å²) in [5, 5.41) is 1.27. The second-order valence-electron chi connectivity index (χ2n) is 5.36. The van der Waals surface area contributed by atoms with Gasteiger partial charge < -0.3 is 9.30 Å². The molecule has 0 saturated heterocycles. The predicted molar refractivity (Wildman–Crippen MR) is 95.6 cm³/mol. The fourth-order valence-corrected chi connectivity index (χ4v) is 2.99. The molecule has 0 fully saturated rings. The zero-order valence-electron chi connectivity index (χ0n) is 13.4. The van der Waals surface area contributed by atoms with E-state index in [1.54, 1.807) is 32.2 Å². The van der Waals surface area contributed by atoms with Gasteiger partial charge in [0.15, 0.2) is 0 Å². The lowest BCUT2D eigenvalue weighted by molar-refractivity contribution is 0.0525. The summed E-state index contributed by atoms with van der Waals surface area (Å²) in [5.74, 6) is -0.626. The second kappa shape index (κ2) is 6.49. The van der Waals surface area contributed by atoms with Gasteiger partial charge in [0.2, 0.25) is 0 Å². The topological polar surface area (TPSA) is 48.3 Å². The highest BCUT2D eigenvalue weighted by Crippen LogP contribution is 2.32. The van der Waals surface area contributed by atoms with Crippen molar-refractivity contribution in [2.45, 2.75) is 6.92 Å². The molecule has 3 aromatic rings. The van der Waals surface area contributed by atoms with E-state index in [1.165, 1.54) is 4.57 Å². The molecule has 0 N–H and O–H groups in total. The van der Waals surface area contributed by atoms with E-state index in [0.717, 1.165) is 10.9 Å². The number of nitrogens with zero attached hydrogens (tertiary/aromatic N) is 1. The van der Waals surface area contributed by atoms with Crippen LogP contribution in [-0.2, 0) is 11.8 Å². The van der Waals surface area contributed by atoms with Gasteiger partial charge in [0, 0.05) is 23.0 Å². The molecular weight excluding hydrogens is 326 g/mol. The van der Waals surface area contributed by atoms with Crippen molar-refractivity contribution in [3.63, 3.8) is 0 Å². The quantitative estimate of drug-likeness (QED) is 0.676. The smallest absolute Gasteiger partial charge is 0.344 e. The van der Waals surface area contributed by atoms with Gasteiger partial charge in [0.25, 0.3) is 5.56 Å². The molecule has 0 aliphatic carbocycles. The summed E-state index contributed by atoms with van der Waals surface area (Å²) in [6.07, 6.45) is 0. The monoisotopic (exact) mass is 341 g/mol. The van der Waals surface area contributed by atoms with Crippen molar-refractivity contribution in [2.24, 2.45) is 7.05 Å². The summed E-state index contributed by atoms with van der Waals surface area (Å²) >= 11 is 6.16. The number of aromatic nitrogens is 1. The summed E-state index contributed by atoms with van der Waals surface area (Å²) in [6, 6.07) is 14.6. The third-order valence-electron chi connectivity index (χ3n) is 3.90. The van der Waals surface area contributed by atoms with E-state index in [4.69, 9.17) is 16.3 Å². The van der Waals surface area contributed by atoms with Gasteiger partial charge in [0.1, 0.15) is 5.56 Å².